The van der Waals surface area contributed by atoms with Gasteiger partial charge in [-0.05, 0) is 58.6 Å². The van der Waals surface area contributed by atoms with Crippen LogP contribution in [0, 0.1) is 0 Å². The maximum atomic E-state index is 5.74. The molecule has 3 heterocycles. The number of fused-ring (bicyclic) bond motifs is 3. The van der Waals surface area contributed by atoms with E-state index in [1.165, 1.54) is 11.1 Å². The highest BCUT2D eigenvalue weighted by molar-refractivity contribution is 9.10. The second-order valence-electron chi connectivity index (χ2n) is 6.45. The van der Waals surface area contributed by atoms with E-state index in [4.69, 9.17) is 23.7 Å². The summed E-state index contributed by atoms with van der Waals surface area (Å²) < 4.78 is 29.0. The summed E-state index contributed by atoms with van der Waals surface area (Å²) in [6.45, 7) is 1.39. The van der Waals surface area contributed by atoms with Crippen LogP contribution in [0.3, 0.4) is 0 Å². The molecule has 0 spiro atoms. The van der Waals surface area contributed by atoms with Gasteiger partial charge in [0.15, 0.2) is 23.0 Å². The Hall–Kier alpha value is -1.83. The van der Waals surface area contributed by atoms with Crippen LogP contribution in [0.4, 0.5) is 0 Å². The first-order valence-corrected chi connectivity index (χ1v) is 9.35. The van der Waals surface area contributed by atoms with Crippen molar-refractivity contribution in [3.8, 4) is 28.7 Å². The second kappa shape index (κ2) is 7.30. The predicted molar refractivity (Wildman–Crippen MR) is 105 cm³/mol. The molecule has 0 saturated heterocycles. The quantitative estimate of drug-likeness (QED) is 0.759. The van der Waals surface area contributed by atoms with Gasteiger partial charge in [0.25, 0.3) is 0 Å². The average Bonchev–Trinajstić information content (AvgIpc) is 3.32. The van der Waals surface area contributed by atoms with Gasteiger partial charge in [0, 0.05) is 11.6 Å². The van der Waals surface area contributed by atoms with Crippen LogP contribution in [-0.2, 0) is 12.8 Å². The Bertz CT molecular complexity index is 891. The van der Waals surface area contributed by atoms with Crippen LogP contribution >= 0.6 is 28.3 Å². The van der Waals surface area contributed by atoms with Crippen molar-refractivity contribution in [2.75, 3.05) is 27.2 Å². The number of hydrogen-bond donors (Lipinski definition) is 1. The van der Waals surface area contributed by atoms with Gasteiger partial charge < -0.3 is 29.0 Å². The highest BCUT2D eigenvalue weighted by Gasteiger charge is 2.34. The van der Waals surface area contributed by atoms with Crippen LogP contribution in [0.5, 0.6) is 28.7 Å². The molecular weight excluding hydrogens is 438 g/mol. The Morgan fingerprint density at radius 1 is 1.11 bits per heavy atom. The highest BCUT2D eigenvalue weighted by atomic mass is 79.9. The first kappa shape index (κ1) is 18.5. The van der Waals surface area contributed by atoms with Crippen molar-refractivity contribution in [2.45, 2.75) is 18.9 Å². The molecule has 3 aliphatic rings. The smallest absolute Gasteiger partial charge is 0.231 e. The summed E-state index contributed by atoms with van der Waals surface area (Å²) in [4.78, 5) is 0. The van der Waals surface area contributed by atoms with E-state index < -0.39 is 0 Å². The third kappa shape index (κ3) is 2.98. The Morgan fingerprint density at radius 2 is 1.89 bits per heavy atom. The van der Waals surface area contributed by atoms with E-state index >= 15 is 0 Å². The Labute approximate surface area is 171 Å². The first-order chi connectivity index (χ1) is 12.8. The molecule has 8 heteroatoms. The molecule has 0 bridgehead atoms. The molecule has 0 amide bonds. The molecular formula is C19H19BrClNO5. The minimum absolute atomic E-state index is 0. The number of halogens is 2. The van der Waals surface area contributed by atoms with Crippen molar-refractivity contribution in [2.24, 2.45) is 0 Å². The normalized spacial score (nSPS) is 18.7. The first-order valence-electron chi connectivity index (χ1n) is 8.56. The van der Waals surface area contributed by atoms with Gasteiger partial charge in [-0.1, -0.05) is 6.07 Å². The molecule has 0 saturated carbocycles. The average molecular weight is 457 g/mol. The van der Waals surface area contributed by atoms with Crippen molar-refractivity contribution in [3.63, 3.8) is 0 Å². The molecule has 2 aromatic rings. The number of ether oxygens (including phenoxy) is 5. The number of rotatable bonds is 3. The van der Waals surface area contributed by atoms with Crippen LogP contribution in [-0.4, -0.2) is 27.2 Å². The fourth-order valence-electron chi connectivity index (χ4n) is 3.89. The Morgan fingerprint density at radius 3 is 2.74 bits per heavy atom. The zero-order valence-corrected chi connectivity index (χ0v) is 17.1. The third-order valence-electron chi connectivity index (χ3n) is 5.05. The van der Waals surface area contributed by atoms with E-state index in [9.17, 15) is 0 Å². The predicted octanol–water partition coefficient (Wildman–Crippen LogP) is 3.77. The van der Waals surface area contributed by atoms with Gasteiger partial charge in [0.1, 0.15) is 0 Å². The van der Waals surface area contributed by atoms with E-state index in [0.29, 0.717) is 5.75 Å². The van der Waals surface area contributed by atoms with E-state index in [1.807, 2.05) is 12.1 Å². The summed E-state index contributed by atoms with van der Waals surface area (Å²) in [7, 11) is 1.68. The van der Waals surface area contributed by atoms with Crippen LogP contribution in [0.25, 0.3) is 0 Å². The molecule has 0 radical (unpaired) electrons. The van der Waals surface area contributed by atoms with Gasteiger partial charge in [0.05, 0.1) is 11.6 Å². The lowest BCUT2D eigenvalue weighted by Crippen LogP contribution is -2.32. The van der Waals surface area contributed by atoms with Crippen molar-refractivity contribution >= 4 is 28.3 Å². The monoisotopic (exact) mass is 455 g/mol. The molecule has 6 nitrogen and oxygen atoms in total. The van der Waals surface area contributed by atoms with Gasteiger partial charge in [-0.3, -0.25) is 0 Å². The zero-order valence-electron chi connectivity index (χ0n) is 14.7. The molecule has 1 unspecified atom stereocenters. The largest absolute Gasteiger partial charge is 0.492 e. The lowest BCUT2D eigenvalue weighted by atomic mass is 9.88. The van der Waals surface area contributed by atoms with Crippen LogP contribution in [0.2, 0.25) is 0 Å². The second-order valence-corrected chi connectivity index (χ2v) is 7.25. The van der Waals surface area contributed by atoms with Crippen molar-refractivity contribution in [1.82, 2.24) is 5.32 Å². The molecule has 0 aromatic heterocycles. The summed E-state index contributed by atoms with van der Waals surface area (Å²) in [6.07, 6.45) is 1.71. The Kier molecular flexibility index (Phi) is 5.01. The summed E-state index contributed by atoms with van der Waals surface area (Å²) in [5.74, 6) is 3.78. The molecule has 27 heavy (non-hydrogen) atoms. The number of hydrogen-bond acceptors (Lipinski definition) is 6. The molecule has 144 valence electrons. The van der Waals surface area contributed by atoms with E-state index in [2.05, 4.69) is 27.3 Å². The SMILES string of the molecule is COc1c2c(c(Br)c3c1C(Cc1ccc4c(c1)OCO4)NCC3)OCO2.Cl. The summed E-state index contributed by atoms with van der Waals surface area (Å²) in [6, 6.07) is 6.21. The fraction of sp³-hybridized carbons (Fsp3) is 0.368. The minimum Gasteiger partial charge on any atom is -0.492 e. The number of methoxy groups -OCH3 is 1. The summed E-state index contributed by atoms with van der Waals surface area (Å²) >= 11 is 3.71. The van der Waals surface area contributed by atoms with E-state index in [1.54, 1.807) is 7.11 Å². The lowest BCUT2D eigenvalue weighted by molar-refractivity contribution is 0.170. The molecule has 5 rings (SSSR count). The van der Waals surface area contributed by atoms with Crippen LogP contribution in [0.1, 0.15) is 22.7 Å². The van der Waals surface area contributed by atoms with E-state index in [-0.39, 0.29) is 32.0 Å². The molecule has 3 aliphatic heterocycles. The van der Waals surface area contributed by atoms with Gasteiger partial charge in [-0.15, -0.1) is 12.4 Å². The van der Waals surface area contributed by atoms with Gasteiger partial charge in [-0.2, -0.15) is 0 Å². The lowest BCUT2D eigenvalue weighted by Gasteiger charge is -2.30. The van der Waals surface area contributed by atoms with Crippen molar-refractivity contribution < 1.29 is 23.7 Å². The standard InChI is InChI=1S/C19H18BrNO5.ClH/c1-22-17-15-11(16(20)18-19(17)26-9-25-18)4-5-21-12(15)6-10-2-3-13-14(7-10)24-8-23-13;/h2-3,7,12,21H,4-6,8-9H2,1H3;1H. The van der Waals surface area contributed by atoms with Gasteiger partial charge >= 0.3 is 0 Å². The van der Waals surface area contributed by atoms with Gasteiger partial charge in [0.2, 0.25) is 19.3 Å². The number of nitrogens with one attached hydrogen (secondary N) is 1. The van der Waals surface area contributed by atoms with Gasteiger partial charge in [-0.25, -0.2) is 0 Å². The van der Waals surface area contributed by atoms with Crippen LogP contribution < -0.4 is 29.0 Å². The molecule has 1 N–H and O–H groups in total. The zero-order chi connectivity index (χ0) is 17.7. The summed E-state index contributed by atoms with van der Waals surface area (Å²) in [5.41, 5.74) is 3.53. The maximum Gasteiger partial charge on any atom is 0.231 e. The summed E-state index contributed by atoms with van der Waals surface area (Å²) in [5, 5.41) is 3.62. The molecule has 0 aliphatic carbocycles. The van der Waals surface area contributed by atoms with Crippen molar-refractivity contribution in [1.29, 1.82) is 0 Å². The number of benzene rings is 2. The topological polar surface area (TPSA) is 58.2 Å². The highest BCUT2D eigenvalue weighted by Crippen LogP contribution is 2.53. The van der Waals surface area contributed by atoms with Crippen molar-refractivity contribution in [3.05, 3.63) is 39.4 Å². The van der Waals surface area contributed by atoms with E-state index in [0.717, 1.165) is 52.4 Å². The third-order valence-corrected chi connectivity index (χ3v) is 5.89. The Balaban J connectivity index is 0.00000180. The minimum atomic E-state index is 0. The maximum absolute atomic E-state index is 5.74. The molecule has 2 aromatic carbocycles. The fourth-order valence-corrected chi connectivity index (χ4v) is 4.60. The molecule has 0 fully saturated rings. The molecule has 1 atom stereocenters. The van der Waals surface area contributed by atoms with Crippen LogP contribution in [0.15, 0.2) is 22.7 Å².